The molecule has 25 heavy (non-hydrogen) atoms. The molecule has 3 heterocycles. The average molecular weight is 351 g/mol. The third-order valence-corrected chi connectivity index (χ3v) is 4.28. The fraction of sp³-hybridized carbons (Fsp3) is 0.600. The number of alkyl halides is 1. The third-order valence-electron chi connectivity index (χ3n) is 4.28. The second-order valence-electron chi connectivity index (χ2n) is 6.30. The highest BCUT2D eigenvalue weighted by Crippen LogP contribution is 2.23. The van der Waals surface area contributed by atoms with Gasteiger partial charge in [-0.3, -0.25) is 14.9 Å². The van der Waals surface area contributed by atoms with Crippen molar-refractivity contribution < 1.29 is 13.7 Å². The number of aromatic nitrogens is 4. The Morgan fingerprint density at radius 3 is 3.00 bits per heavy atom. The lowest BCUT2D eigenvalue weighted by molar-refractivity contribution is 0.179. The quantitative estimate of drug-likeness (QED) is 0.870. The van der Waals surface area contributed by atoms with Gasteiger partial charge in [0.1, 0.15) is 12.0 Å². The molecule has 1 aliphatic rings. The lowest BCUT2D eigenvalue weighted by Gasteiger charge is -2.27. The van der Waals surface area contributed by atoms with Crippen LogP contribution in [0.1, 0.15) is 18.1 Å². The first-order valence-electron chi connectivity index (χ1n) is 8.10. The van der Waals surface area contributed by atoms with E-state index >= 15 is 0 Å². The van der Waals surface area contributed by atoms with Crippen LogP contribution in [0.5, 0.6) is 0 Å². The van der Waals surface area contributed by atoms with E-state index in [0.717, 1.165) is 0 Å². The molecule has 3 rings (SSSR count). The minimum absolute atomic E-state index is 0.101. The van der Waals surface area contributed by atoms with E-state index in [9.17, 15) is 9.18 Å². The van der Waals surface area contributed by atoms with Crippen molar-refractivity contribution >= 4 is 11.8 Å². The highest BCUT2D eigenvalue weighted by molar-refractivity contribution is 5.88. The zero-order valence-corrected chi connectivity index (χ0v) is 14.5. The van der Waals surface area contributed by atoms with Crippen LogP contribution in [0.15, 0.2) is 16.8 Å². The molecule has 2 atom stereocenters. The molecule has 2 aromatic heterocycles. The summed E-state index contributed by atoms with van der Waals surface area (Å²) in [6.45, 7) is 2.82. The Hall–Kier alpha value is -2.49. The van der Waals surface area contributed by atoms with Gasteiger partial charge in [0.25, 0.3) is 0 Å². The normalized spacial score (nSPS) is 20.8. The second kappa shape index (κ2) is 7.18. The van der Waals surface area contributed by atoms with Crippen molar-refractivity contribution in [1.82, 2.24) is 29.7 Å². The van der Waals surface area contributed by atoms with Gasteiger partial charge in [-0.2, -0.15) is 10.1 Å². The number of urea groups is 1. The summed E-state index contributed by atoms with van der Waals surface area (Å²) in [4.78, 5) is 20.0. The molecule has 1 saturated heterocycles. The number of nitrogens with zero attached hydrogens (tertiary/aromatic N) is 6. The van der Waals surface area contributed by atoms with Crippen LogP contribution in [0.3, 0.4) is 0 Å². The molecule has 9 nitrogen and oxygen atoms in total. The Balaban J connectivity index is 1.59. The summed E-state index contributed by atoms with van der Waals surface area (Å²) in [6, 6.07) is 1.35. The second-order valence-corrected chi connectivity index (χ2v) is 6.30. The molecule has 2 amide bonds. The van der Waals surface area contributed by atoms with Crippen LogP contribution in [-0.4, -0.2) is 68.1 Å². The number of anilines is 1. The Kier molecular flexibility index (Phi) is 4.98. The van der Waals surface area contributed by atoms with Crippen LogP contribution < -0.4 is 5.32 Å². The number of amides is 2. The van der Waals surface area contributed by atoms with Crippen molar-refractivity contribution in [2.75, 3.05) is 25.5 Å². The third kappa shape index (κ3) is 4.13. The van der Waals surface area contributed by atoms with Gasteiger partial charge in [-0.05, 0) is 6.42 Å². The van der Waals surface area contributed by atoms with Gasteiger partial charge in [-0.15, -0.1) is 0 Å². The van der Waals surface area contributed by atoms with E-state index in [1.54, 1.807) is 42.9 Å². The molecule has 136 valence electrons. The van der Waals surface area contributed by atoms with Crippen molar-refractivity contribution in [3.8, 4) is 0 Å². The van der Waals surface area contributed by atoms with Gasteiger partial charge >= 0.3 is 6.03 Å². The van der Waals surface area contributed by atoms with Crippen LogP contribution >= 0.6 is 0 Å². The predicted octanol–water partition coefficient (Wildman–Crippen LogP) is 1.19. The average Bonchev–Trinajstić information content (AvgIpc) is 3.23. The molecule has 1 N–H and O–H groups in total. The van der Waals surface area contributed by atoms with Gasteiger partial charge < -0.3 is 9.42 Å². The van der Waals surface area contributed by atoms with E-state index in [1.165, 1.54) is 0 Å². The minimum Gasteiger partial charge on any atom is -0.340 e. The molecule has 0 saturated carbocycles. The summed E-state index contributed by atoms with van der Waals surface area (Å²) in [5, 5.41) is 10.6. The molecule has 0 aromatic carbocycles. The smallest absolute Gasteiger partial charge is 0.322 e. The van der Waals surface area contributed by atoms with E-state index in [2.05, 4.69) is 20.6 Å². The van der Waals surface area contributed by atoms with Crippen LogP contribution in [0.4, 0.5) is 15.0 Å². The van der Waals surface area contributed by atoms with Crippen molar-refractivity contribution in [1.29, 1.82) is 0 Å². The van der Waals surface area contributed by atoms with E-state index in [4.69, 9.17) is 4.52 Å². The molecule has 0 spiro atoms. The van der Waals surface area contributed by atoms with E-state index < -0.39 is 6.17 Å². The fourth-order valence-electron chi connectivity index (χ4n) is 2.99. The number of aryl methyl sites for hydroxylation is 2. The number of likely N-dealkylation sites (tertiary alicyclic amines) is 1. The lowest BCUT2D eigenvalue weighted by atomic mass is 10.2. The van der Waals surface area contributed by atoms with Crippen molar-refractivity contribution in [2.45, 2.75) is 32.1 Å². The summed E-state index contributed by atoms with van der Waals surface area (Å²) in [5.74, 6) is 1.61. The van der Waals surface area contributed by atoms with E-state index in [0.29, 0.717) is 43.6 Å². The summed E-state index contributed by atoms with van der Waals surface area (Å²) in [6.07, 6.45) is 1.06. The molecule has 0 unspecified atom stereocenters. The van der Waals surface area contributed by atoms with Gasteiger partial charge in [0.05, 0.1) is 12.7 Å². The molecule has 0 aliphatic carbocycles. The number of rotatable bonds is 5. The zero-order chi connectivity index (χ0) is 18.0. The van der Waals surface area contributed by atoms with Gasteiger partial charge in [0.15, 0.2) is 5.82 Å². The molecule has 0 radical (unpaired) electrons. The Morgan fingerprint density at radius 2 is 2.36 bits per heavy atom. The molecular weight excluding hydrogens is 329 g/mol. The highest BCUT2D eigenvalue weighted by Gasteiger charge is 2.34. The maximum Gasteiger partial charge on any atom is 0.322 e. The fourth-order valence-corrected chi connectivity index (χ4v) is 2.99. The van der Waals surface area contributed by atoms with E-state index in [-0.39, 0.29) is 12.1 Å². The summed E-state index contributed by atoms with van der Waals surface area (Å²) >= 11 is 0. The largest absolute Gasteiger partial charge is 0.340 e. The van der Waals surface area contributed by atoms with Crippen molar-refractivity contribution in [3.63, 3.8) is 0 Å². The maximum absolute atomic E-state index is 13.9. The monoisotopic (exact) mass is 351 g/mol. The summed E-state index contributed by atoms with van der Waals surface area (Å²) < 4.78 is 20.4. The summed E-state index contributed by atoms with van der Waals surface area (Å²) in [7, 11) is 3.43. The standard InChI is InChI=1S/C15H22FN7O2/c1-10-18-13(20-25-10)9-23-7-11(16)6-12(23)8-21(2)15(24)19-14-4-5-17-22(14)3/h4-5,11-12H,6-9H2,1-3H3,(H,19,24)/t11-,12-/m0/s1. The van der Waals surface area contributed by atoms with Gasteiger partial charge in [-0.25, -0.2) is 9.18 Å². The summed E-state index contributed by atoms with van der Waals surface area (Å²) in [5.41, 5.74) is 0. The SMILES string of the molecule is Cc1nc(CN2C[C@@H](F)C[C@H]2CN(C)C(=O)Nc2ccnn2C)no1. The Morgan fingerprint density at radius 1 is 1.56 bits per heavy atom. The topological polar surface area (TPSA) is 92.3 Å². The predicted molar refractivity (Wildman–Crippen MR) is 87.6 cm³/mol. The first-order valence-corrected chi connectivity index (χ1v) is 8.10. The number of carbonyl (C=O) groups excluding carboxylic acids is 1. The first-order chi connectivity index (χ1) is 11.9. The van der Waals surface area contributed by atoms with Crippen molar-refractivity contribution in [2.24, 2.45) is 7.05 Å². The molecular formula is C15H22FN7O2. The van der Waals surface area contributed by atoms with Crippen LogP contribution in [0.25, 0.3) is 0 Å². The molecule has 1 fully saturated rings. The lowest BCUT2D eigenvalue weighted by Crippen LogP contribution is -2.42. The number of hydrogen-bond acceptors (Lipinski definition) is 6. The number of hydrogen-bond donors (Lipinski definition) is 1. The van der Waals surface area contributed by atoms with E-state index in [1.807, 2.05) is 4.90 Å². The van der Waals surface area contributed by atoms with Gasteiger partial charge in [0.2, 0.25) is 5.89 Å². The number of carbonyl (C=O) groups is 1. The first kappa shape index (κ1) is 17.3. The van der Waals surface area contributed by atoms with Crippen LogP contribution in [0.2, 0.25) is 0 Å². The number of halogens is 1. The molecule has 1 aliphatic heterocycles. The number of likely N-dealkylation sites (N-methyl/N-ethyl adjacent to an activating group) is 1. The number of nitrogens with one attached hydrogen (secondary N) is 1. The Bertz CT molecular complexity index is 731. The highest BCUT2D eigenvalue weighted by atomic mass is 19.1. The van der Waals surface area contributed by atoms with Gasteiger partial charge in [-0.1, -0.05) is 5.16 Å². The molecule has 10 heteroatoms. The van der Waals surface area contributed by atoms with Gasteiger partial charge in [0, 0.05) is 46.2 Å². The molecule has 0 bridgehead atoms. The molecule has 2 aromatic rings. The van der Waals surface area contributed by atoms with Crippen LogP contribution in [0, 0.1) is 6.92 Å². The minimum atomic E-state index is -0.925. The van der Waals surface area contributed by atoms with Crippen LogP contribution in [-0.2, 0) is 13.6 Å². The maximum atomic E-state index is 13.9. The Labute approximate surface area is 144 Å². The zero-order valence-electron chi connectivity index (χ0n) is 14.5. The van der Waals surface area contributed by atoms with Crippen molar-refractivity contribution in [3.05, 3.63) is 24.0 Å².